The van der Waals surface area contributed by atoms with E-state index in [9.17, 15) is 5.11 Å². The highest BCUT2D eigenvalue weighted by Gasteiger charge is 2.06. The summed E-state index contributed by atoms with van der Waals surface area (Å²) in [5.74, 6) is 0.104. The maximum Gasteiger partial charge on any atom is 0.142 e. The van der Waals surface area contributed by atoms with Crippen LogP contribution in [0.2, 0.25) is 0 Å². The Labute approximate surface area is 65.3 Å². The predicted molar refractivity (Wildman–Crippen MR) is 41.3 cm³/mol. The summed E-state index contributed by atoms with van der Waals surface area (Å²) in [6.07, 6.45) is 1.64. The van der Waals surface area contributed by atoms with Crippen LogP contribution in [0.4, 0.5) is 0 Å². The van der Waals surface area contributed by atoms with Gasteiger partial charge in [-0.2, -0.15) is 0 Å². The SMILES string of the molecule is Cc1cnc(C)c(O)c1CO. The first-order valence-corrected chi connectivity index (χ1v) is 3.41. The number of aryl methyl sites for hydroxylation is 2. The molecule has 11 heavy (non-hydrogen) atoms. The summed E-state index contributed by atoms with van der Waals surface area (Å²) in [6, 6.07) is 0. The Balaban J connectivity index is 3.29. The summed E-state index contributed by atoms with van der Waals surface area (Å²) in [6.45, 7) is 3.37. The van der Waals surface area contributed by atoms with Gasteiger partial charge >= 0.3 is 0 Å². The molecule has 1 aromatic rings. The average molecular weight is 153 g/mol. The topological polar surface area (TPSA) is 53.4 Å². The van der Waals surface area contributed by atoms with Gasteiger partial charge in [0.05, 0.1) is 12.3 Å². The van der Waals surface area contributed by atoms with Crippen molar-refractivity contribution in [3.63, 3.8) is 0 Å². The van der Waals surface area contributed by atoms with Crippen molar-refractivity contribution in [2.24, 2.45) is 0 Å². The monoisotopic (exact) mass is 153 g/mol. The molecule has 0 saturated carbocycles. The zero-order valence-electron chi connectivity index (χ0n) is 6.63. The minimum absolute atomic E-state index is 0.104. The molecule has 60 valence electrons. The van der Waals surface area contributed by atoms with Crippen LogP contribution in [0.5, 0.6) is 5.75 Å². The molecule has 0 aliphatic carbocycles. The van der Waals surface area contributed by atoms with Crippen LogP contribution >= 0.6 is 0 Å². The number of aromatic nitrogens is 1. The number of rotatable bonds is 1. The van der Waals surface area contributed by atoms with Crippen molar-refractivity contribution in [3.05, 3.63) is 23.0 Å². The Hall–Kier alpha value is -1.09. The van der Waals surface area contributed by atoms with Crippen LogP contribution in [0.15, 0.2) is 6.20 Å². The summed E-state index contributed by atoms with van der Waals surface area (Å²) in [5.41, 5.74) is 1.94. The van der Waals surface area contributed by atoms with Crippen molar-refractivity contribution in [1.29, 1.82) is 0 Å². The highest BCUT2D eigenvalue weighted by Crippen LogP contribution is 2.22. The lowest BCUT2D eigenvalue weighted by Gasteiger charge is -2.05. The third kappa shape index (κ3) is 1.33. The first-order chi connectivity index (χ1) is 5.16. The molecule has 0 aliphatic heterocycles. The molecular weight excluding hydrogens is 142 g/mol. The lowest BCUT2D eigenvalue weighted by atomic mass is 10.1. The Morgan fingerprint density at radius 3 is 2.55 bits per heavy atom. The fourth-order valence-corrected chi connectivity index (χ4v) is 0.937. The molecule has 1 rings (SSSR count). The third-order valence-electron chi connectivity index (χ3n) is 1.71. The van der Waals surface area contributed by atoms with Gasteiger partial charge in [0.25, 0.3) is 0 Å². The van der Waals surface area contributed by atoms with E-state index in [1.165, 1.54) is 0 Å². The normalized spacial score (nSPS) is 10.1. The van der Waals surface area contributed by atoms with Crippen molar-refractivity contribution < 1.29 is 10.2 Å². The molecule has 0 saturated heterocycles. The second-order valence-corrected chi connectivity index (χ2v) is 2.51. The number of hydrogen-bond acceptors (Lipinski definition) is 3. The molecule has 0 amide bonds. The number of aromatic hydroxyl groups is 1. The molecule has 1 aromatic heterocycles. The molecule has 0 atom stereocenters. The number of pyridine rings is 1. The average Bonchev–Trinajstić information content (AvgIpc) is 1.99. The van der Waals surface area contributed by atoms with Gasteiger partial charge in [-0.1, -0.05) is 0 Å². The van der Waals surface area contributed by atoms with E-state index in [0.717, 1.165) is 5.56 Å². The van der Waals surface area contributed by atoms with Crippen molar-refractivity contribution in [1.82, 2.24) is 4.98 Å². The number of hydrogen-bond donors (Lipinski definition) is 2. The van der Waals surface area contributed by atoms with Gasteiger partial charge in [0.2, 0.25) is 0 Å². The number of aliphatic hydroxyl groups excluding tert-OH is 1. The van der Waals surface area contributed by atoms with Crippen molar-refractivity contribution in [2.75, 3.05) is 0 Å². The van der Waals surface area contributed by atoms with Gasteiger partial charge in [-0.3, -0.25) is 4.98 Å². The zero-order chi connectivity index (χ0) is 8.43. The molecule has 3 heteroatoms. The standard InChI is InChI=1S/C8H11NO2/c1-5-3-9-6(2)8(11)7(5)4-10/h3,10-11H,4H2,1-2H3. The van der Waals surface area contributed by atoms with E-state index in [1.807, 2.05) is 0 Å². The minimum Gasteiger partial charge on any atom is -0.506 e. The zero-order valence-corrected chi connectivity index (χ0v) is 6.63. The summed E-state index contributed by atoms with van der Waals surface area (Å²) in [7, 11) is 0. The summed E-state index contributed by atoms with van der Waals surface area (Å²) in [5, 5.41) is 18.2. The molecule has 0 aliphatic rings. The largest absolute Gasteiger partial charge is 0.506 e. The Morgan fingerprint density at radius 2 is 2.09 bits per heavy atom. The van der Waals surface area contributed by atoms with E-state index in [2.05, 4.69) is 4.98 Å². The van der Waals surface area contributed by atoms with Crippen molar-refractivity contribution >= 4 is 0 Å². The fourth-order valence-electron chi connectivity index (χ4n) is 0.937. The Morgan fingerprint density at radius 1 is 1.45 bits per heavy atom. The molecule has 0 unspecified atom stereocenters. The summed E-state index contributed by atoms with van der Waals surface area (Å²) < 4.78 is 0. The van der Waals surface area contributed by atoms with Crippen LogP contribution in [0.1, 0.15) is 16.8 Å². The predicted octanol–water partition coefficient (Wildman–Crippen LogP) is 0.896. The van der Waals surface area contributed by atoms with E-state index in [0.29, 0.717) is 11.3 Å². The van der Waals surface area contributed by atoms with Crippen LogP contribution in [-0.2, 0) is 6.61 Å². The van der Waals surface area contributed by atoms with Crippen LogP contribution in [0.25, 0.3) is 0 Å². The minimum atomic E-state index is -0.138. The number of aliphatic hydroxyl groups is 1. The van der Waals surface area contributed by atoms with Gasteiger partial charge in [0.15, 0.2) is 0 Å². The van der Waals surface area contributed by atoms with Crippen LogP contribution in [-0.4, -0.2) is 15.2 Å². The van der Waals surface area contributed by atoms with Gasteiger partial charge in [-0.05, 0) is 19.4 Å². The van der Waals surface area contributed by atoms with E-state index < -0.39 is 0 Å². The van der Waals surface area contributed by atoms with E-state index in [1.54, 1.807) is 20.0 Å². The molecule has 0 aromatic carbocycles. The molecular formula is C8H11NO2. The van der Waals surface area contributed by atoms with E-state index in [4.69, 9.17) is 5.11 Å². The third-order valence-corrected chi connectivity index (χ3v) is 1.71. The number of nitrogens with zero attached hydrogens (tertiary/aromatic N) is 1. The van der Waals surface area contributed by atoms with Gasteiger partial charge in [0, 0.05) is 11.8 Å². The van der Waals surface area contributed by atoms with E-state index in [-0.39, 0.29) is 12.4 Å². The molecule has 2 N–H and O–H groups in total. The van der Waals surface area contributed by atoms with Crippen molar-refractivity contribution in [2.45, 2.75) is 20.5 Å². The van der Waals surface area contributed by atoms with Crippen LogP contribution < -0.4 is 0 Å². The lowest BCUT2D eigenvalue weighted by molar-refractivity contribution is 0.274. The first kappa shape index (κ1) is 8.01. The second-order valence-electron chi connectivity index (χ2n) is 2.51. The van der Waals surface area contributed by atoms with Gasteiger partial charge in [0.1, 0.15) is 5.75 Å². The van der Waals surface area contributed by atoms with Crippen LogP contribution in [0.3, 0.4) is 0 Å². The summed E-state index contributed by atoms with van der Waals surface area (Å²) >= 11 is 0. The first-order valence-electron chi connectivity index (χ1n) is 3.41. The molecule has 0 fully saturated rings. The maximum absolute atomic E-state index is 9.36. The molecule has 3 nitrogen and oxygen atoms in total. The van der Waals surface area contributed by atoms with E-state index >= 15 is 0 Å². The van der Waals surface area contributed by atoms with Crippen LogP contribution in [0, 0.1) is 13.8 Å². The quantitative estimate of drug-likeness (QED) is 0.630. The summed E-state index contributed by atoms with van der Waals surface area (Å²) in [4.78, 5) is 3.93. The maximum atomic E-state index is 9.36. The lowest BCUT2D eigenvalue weighted by Crippen LogP contribution is -1.93. The highest BCUT2D eigenvalue weighted by molar-refractivity contribution is 5.39. The molecule has 0 bridgehead atoms. The fraction of sp³-hybridized carbons (Fsp3) is 0.375. The van der Waals surface area contributed by atoms with Gasteiger partial charge in [-0.15, -0.1) is 0 Å². The molecule has 0 radical (unpaired) electrons. The van der Waals surface area contributed by atoms with Gasteiger partial charge < -0.3 is 10.2 Å². The molecule has 1 heterocycles. The highest BCUT2D eigenvalue weighted by atomic mass is 16.3. The molecule has 0 spiro atoms. The Bertz CT molecular complexity index is 271. The smallest absolute Gasteiger partial charge is 0.142 e. The van der Waals surface area contributed by atoms with Gasteiger partial charge in [-0.25, -0.2) is 0 Å². The Kier molecular flexibility index (Phi) is 2.10. The van der Waals surface area contributed by atoms with Crippen molar-refractivity contribution in [3.8, 4) is 5.75 Å². The second kappa shape index (κ2) is 2.88.